The Morgan fingerprint density at radius 1 is 1.40 bits per heavy atom. The van der Waals surface area contributed by atoms with Crippen LogP contribution < -0.4 is 5.73 Å². The lowest BCUT2D eigenvalue weighted by molar-refractivity contribution is -0.817. The Hall–Kier alpha value is -0.830. The summed E-state index contributed by atoms with van der Waals surface area (Å²) in [7, 11) is 5.89. The fourth-order valence-electron chi connectivity index (χ4n) is 0.645. The second kappa shape index (κ2) is 2.84. The molecule has 0 heterocycles. The van der Waals surface area contributed by atoms with Gasteiger partial charge in [0, 0.05) is 0 Å². The van der Waals surface area contributed by atoms with E-state index in [-0.39, 0.29) is 5.91 Å². The molecule has 0 saturated carbocycles. The number of hydrogen-bond donors (Lipinski definition) is 1. The van der Waals surface area contributed by atoms with Crippen LogP contribution >= 0.6 is 0 Å². The Balaban J connectivity index is 4.32. The number of carbonyl (C=O) groups excluding carboxylic acids is 1. The van der Waals surface area contributed by atoms with Crippen LogP contribution in [0.2, 0.25) is 0 Å². The molecule has 3 heteroatoms. The molecule has 3 nitrogen and oxygen atoms in total. The van der Waals surface area contributed by atoms with E-state index in [1.54, 1.807) is 6.92 Å². The van der Waals surface area contributed by atoms with E-state index < -0.39 is 0 Å². The van der Waals surface area contributed by atoms with Crippen LogP contribution in [-0.4, -0.2) is 31.5 Å². The molecule has 0 aliphatic rings. The molecule has 0 radical (unpaired) electrons. The number of rotatable bonds is 2. The van der Waals surface area contributed by atoms with Crippen LogP contribution in [0, 0.1) is 0 Å². The summed E-state index contributed by atoms with van der Waals surface area (Å²) >= 11 is 0. The SMILES string of the molecule is CC(=C[N+](C)(C)C)C(N)=O. The molecule has 0 spiro atoms. The van der Waals surface area contributed by atoms with E-state index in [0.29, 0.717) is 10.1 Å². The second-order valence-electron chi connectivity index (χ2n) is 3.29. The molecule has 0 unspecified atom stereocenters. The van der Waals surface area contributed by atoms with Crippen molar-refractivity contribution in [3.05, 3.63) is 11.8 Å². The molecule has 1 amide bonds. The summed E-state index contributed by atoms with van der Waals surface area (Å²) in [6, 6.07) is 0. The normalized spacial score (nSPS) is 13.4. The monoisotopic (exact) mass is 143 g/mol. The van der Waals surface area contributed by atoms with Gasteiger partial charge in [0.15, 0.2) is 0 Å². The minimum atomic E-state index is -0.354. The summed E-state index contributed by atoms with van der Waals surface area (Å²) in [5.74, 6) is -0.354. The standard InChI is InChI=1S/C7H14N2O/c1-6(7(8)10)5-9(2,3)4/h5H,1-4H3,(H-,8,10)/p+1. The molecule has 0 saturated heterocycles. The summed E-state index contributed by atoms with van der Waals surface area (Å²) in [6.07, 6.45) is 1.81. The number of hydrogen-bond acceptors (Lipinski definition) is 1. The maximum Gasteiger partial charge on any atom is 0.249 e. The lowest BCUT2D eigenvalue weighted by atomic mass is 10.3. The number of quaternary nitrogens is 1. The Bertz CT molecular complexity index is 165. The minimum absolute atomic E-state index is 0.354. The zero-order valence-corrected chi connectivity index (χ0v) is 7.01. The molecule has 0 fully saturated rings. The van der Waals surface area contributed by atoms with E-state index in [1.165, 1.54) is 0 Å². The van der Waals surface area contributed by atoms with Gasteiger partial charge in [-0.15, -0.1) is 0 Å². The predicted octanol–water partition coefficient (Wildman–Crippen LogP) is 0.0817. The minimum Gasteiger partial charge on any atom is -0.366 e. The average molecular weight is 143 g/mol. The number of carbonyl (C=O) groups is 1. The van der Waals surface area contributed by atoms with E-state index in [0.717, 1.165) is 0 Å². The summed E-state index contributed by atoms with van der Waals surface area (Å²) in [4.78, 5) is 10.5. The maximum absolute atomic E-state index is 10.5. The summed E-state index contributed by atoms with van der Waals surface area (Å²) in [6.45, 7) is 1.71. The number of nitrogens with zero attached hydrogens (tertiary/aromatic N) is 1. The third-order valence-electron chi connectivity index (χ3n) is 0.970. The van der Waals surface area contributed by atoms with E-state index in [1.807, 2.05) is 27.3 Å². The van der Waals surface area contributed by atoms with Gasteiger partial charge in [0.1, 0.15) is 6.20 Å². The molecule has 0 aliphatic carbocycles. The van der Waals surface area contributed by atoms with Crippen LogP contribution in [0.25, 0.3) is 0 Å². The van der Waals surface area contributed by atoms with E-state index >= 15 is 0 Å². The van der Waals surface area contributed by atoms with Gasteiger partial charge in [-0.1, -0.05) is 0 Å². The van der Waals surface area contributed by atoms with Crippen molar-refractivity contribution in [2.45, 2.75) is 6.92 Å². The Morgan fingerprint density at radius 2 is 1.80 bits per heavy atom. The smallest absolute Gasteiger partial charge is 0.249 e. The van der Waals surface area contributed by atoms with Gasteiger partial charge in [-0.2, -0.15) is 0 Å². The van der Waals surface area contributed by atoms with Crippen molar-refractivity contribution in [1.82, 2.24) is 0 Å². The molecule has 0 aromatic rings. The van der Waals surface area contributed by atoms with Crippen LogP contribution in [0.4, 0.5) is 0 Å². The van der Waals surface area contributed by atoms with Crippen LogP contribution in [0.3, 0.4) is 0 Å². The molecule has 0 aromatic heterocycles. The van der Waals surface area contributed by atoms with Gasteiger partial charge in [0.25, 0.3) is 0 Å². The fraction of sp³-hybridized carbons (Fsp3) is 0.571. The number of nitrogens with two attached hydrogens (primary N) is 1. The van der Waals surface area contributed by atoms with Crippen LogP contribution in [0.1, 0.15) is 6.92 Å². The van der Waals surface area contributed by atoms with Gasteiger partial charge >= 0.3 is 0 Å². The van der Waals surface area contributed by atoms with Gasteiger partial charge in [-0.05, 0) is 6.92 Å². The Kier molecular flexibility index (Phi) is 2.60. The quantitative estimate of drug-likeness (QED) is 0.432. The molecular formula is C7H15N2O+. The highest BCUT2D eigenvalue weighted by Crippen LogP contribution is 1.98. The lowest BCUT2D eigenvalue weighted by Gasteiger charge is -2.18. The zero-order chi connectivity index (χ0) is 8.36. The first kappa shape index (κ1) is 9.17. The second-order valence-corrected chi connectivity index (χ2v) is 3.29. The molecule has 58 valence electrons. The van der Waals surface area contributed by atoms with Crippen molar-refractivity contribution in [3.8, 4) is 0 Å². The average Bonchev–Trinajstić information content (AvgIpc) is 1.60. The molecule has 0 bridgehead atoms. The van der Waals surface area contributed by atoms with E-state index in [9.17, 15) is 4.79 Å². The zero-order valence-electron chi connectivity index (χ0n) is 7.01. The highest BCUT2D eigenvalue weighted by molar-refractivity contribution is 5.90. The van der Waals surface area contributed by atoms with Crippen molar-refractivity contribution in [3.63, 3.8) is 0 Å². The van der Waals surface area contributed by atoms with Gasteiger partial charge in [-0.3, -0.25) is 4.79 Å². The number of primary amides is 1. The Morgan fingerprint density at radius 3 is 1.90 bits per heavy atom. The largest absolute Gasteiger partial charge is 0.366 e. The molecule has 0 aliphatic heterocycles. The third-order valence-corrected chi connectivity index (χ3v) is 0.970. The van der Waals surface area contributed by atoms with Gasteiger partial charge in [0.2, 0.25) is 5.91 Å². The summed E-state index contributed by atoms with van der Waals surface area (Å²) < 4.78 is 0.620. The van der Waals surface area contributed by atoms with Crippen LogP contribution in [0.5, 0.6) is 0 Å². The molecular weight excluding hydrogens is 128 g/mol. The first-order valence-corrected chi connectivity index (χ1v) is 3.13. The number of amides is 1. The van der Waals surface area contributed by atoms with Gasteiger partial charge in [0.05, 0.1) is 26.7 Å². The molecule has 2 N–H and O–H groups in total. The molecule has 0 aromatic carbocycles. The van der Waals surface area contributed by atoms with Gasteiger partial charge in [-0.25, -0.2) is 0 Å². The first-order valence-electron chi connectivity index (χ1n) is 3.13. The topological polar surface area (TPSA) is 43.1 Å². The van der Waals surface area contributed by atoms with E-state index in [2.05, 4.69) is 0 Å². The fourth-order valence-corrected chi connectivity index (χ4v) is 0.645. The molecule has 10 heavy (non-hydrogen) atoms. The van der Waals surface area contributed by atoms with Crippen LogP contribution in [0.15, 0.2) is 11.8 Å². The first-order chi connectivity index (χ1) is 4.33. The predicted molar refractivity (Wildman–Crippen MR) is 41.0 cm³/mol. The van der Waals surface area contributed by atoms with Crippen molar-refractivity contribution in [2.75, 3.05) is 21.1 Å². The van der Waals surface area contributed by atoms with Crippen molar-refractivity contribution in [2.24, 2.45) is 5.73 Å². The maximum atomic E-state index is 10.5. The van der Waals surface area contributed by atoms with Crippen molar-refractivity contribution >= 4 is 5.91 Å². The van der Waals surface area contributed by atoms with Crippen molar-refractivity contribution in [1.29, 1.82) is 0 Å². The summed E-state index contributed by atoms with van der Waals surface area (Å²) in [5, 5.41) is 0. The van der Waals surface area contributed by atoms with Gasteiger partial charge < -0.3 is 10.2 Å². The Labute approximate surface area is 61.7 Å². The third kappa shape index (κ3) is 4.09. The molecule has 0 atom stereocenters. The lowest BCUT2D eigenvalue weighted by Crippen LogP contribution is -2.29. The van der Waals surface area contributed by atoms with Crippen molar-refractivity contribution < 1.29 is 9.28 Å². The summed E-state index contributed by atoms with van der Waals surface area (Å²) in [5.41, 5.74) is 5.63. The highest BCUT2D eigenvalue weighted by atomic mass is 16.1. The molecule has 0 rings (SSSR count). The van der Waals surface area contributed by atoms with E-state index in [4.69, 9.17) is 5.73 Å². The highest BCUT2D eigenvalue weighted by Gasteiger charge is 2.06. The van der Waals surface area contributed by atoms with Crippen LogP contribution in [-0.2, 0) is 4.79 Å².